The lowest BCUT2D eigenvalue weighted by Gasteiger charge is -2.04. The van der Waals surface area contributed by atoms with E-state index in [1.165, 1.54) is 0 Å². The summed E-state index contributed by atoms with van der Waals surface area (Å²) in [5.41, 5.74) is 0.843. The monoisotopic (exact) mass is 198 g/mol. The van der Waals surface area contributed by atoms with Crippen LogP contribution in [0.25, 0.3) is 0 Å². The molecule has 0 aliphatic heterocycles. The van der Waals surface area contributed by atoms with Crippen LogP contribution in [0.3, 0.4) is 0 Å². The van der Waals surface area contributed by atoms with Gasteiger partial charge in [-0.3, -0.25) is 4.79 Å². The summed E-state index contributed by atoms with van der Waals surface area (Å²) < 4.78 is 4.99. The predicted molar refractivity (Wildman–Crippen MR) is 52.4 cm³/mol. The second-order valence-corrected chi connectivity index (χ2v) is 3.24. The van der Waals surface area contributed by atoms with Crippen LogP contribution >= 0.6 is 11.6 Å². The molecule has 0 aromatic heterocycles. The fourth-order valence-corrected chi connectivity index (χ4v) is 1.30. The molecule has 1 aromatic carbocycles. The minimum Gasteiger partial charge on any atom is -0.497 e. The van der Waals surface area contributed by atoms with Gasteiger partial charge in [0.2, 0.25) is 0 Å². The van der Waals surface area contributed by atoms with Crippen molar-refractivity contribution in [1.82, 2.24) is 0 Å². The Hall–Kier alpha value is -1.02. The fraction of sp³-hybridized carbons (Fsp3) is 0.300. The maximum atomic E-state index is 10.8. The topological polar surface area (TPSA) is 26.3 Å². The van der Waals surface area contributed by atoms with Gasteiger partial charge in [0.25, 0.3) is 0 Å². The average Bonchev–Trinajstić information content (AvgIpc) is 2.08. The number of ether oxygens (including phenoxy) is 1. The number of carbonyl (C=O) groups is 1. The number of hydrogen-bond donors (Lipinski definition) is 0. The molecule has 0 N–H and O–H groups in total. The van der Waals surface area contributed by atoms with Gasteiger partial charge in [-0.25, -0.2) is 0 Å². The number of benzene rings is 1. The normalized spacial score (nSPS) is 9.77. The zero-order valence-corrected chi connectivity index (χ0v) is 8.39. The standard InChI is InChI=1S/C10H11ClO2/c1-7(12)5-8-3-4-9(13-2)6-10(8)11/h3-4,6H,5H2,1-2H3. The number of rotatable bonds is 3. The van der Waals surface area contributed by atoms with Crippen molar-refractivity contribution in [1.29, 1.82) is 0 Å². The first-order valence-corrected chi connectivity index (χ1v) is 4.33. The molecular weight excluding hydrogens is 188 g/mol. The number of Topliss-reactive ketones (excluding diaryl/α,β-unsaturated/α-hetero) is 1. The van der Waals surface area contributed by atoms with Crippen LogP contribution in [0.4, 0.5) is 0 Å². The van der Waals surface area contributed by atoms with E-state index in [2.05, 4.69) is 0 Å². The first kappa shape index (κ1) is 10.1. The van der Waals surface area contributed by atoms with Crippen LogP contribution < -0.4 is 4.74 Å². The lowest BCUT2D eigenvalue weighted by molar-refractivity contribution is -0.116. The van der Waals surface area contributed by atoms with E-state index in [4.69, 9.17) is 16.3 Å². The van der Waals surface area contributed by atoms with Gasteiger partial charge in [0.1, 0.15) is 11.5 Å². The lowest BCUT2D eigenvalue weighted by atomic mass is 10.1. The van der Waals surface area contributed by atoms with Crippen molar-refractivity contribution in [3.63, 3.8) is 0 Å². The van der Waals surface area contributed by atoms with E-state index in [-0.39, 0.29) is 5.78 Å². The third kappa shape index (κ3) is 2.74. The highest BCUT2D eigenvalue weighted by molar-refractivity contribution is 6.31. The average molecular weight is 199 g/mol. The molecule has 3 heteroatoms. The Bertz CT molecular complexity index is 321. The molecule has 70 valence electrons. The third-order valence-electron chi connectivity index (χ3n) is 1.70. The van der Waals surface area contributed by atoms with Crippen LogP contribution in [0, 0.1) is 0 Å². The first-order valence-electron chi connectivity index (χ1n) is 3.95. The van der Waals surface area contributed by atoms with E-state index in [1.54, 1.807) is 26.2 Å². The summed E-state index contributed by atoms with van der Waals surface area (Å²) in [6.45, 7) is 1.54. The Labute approximate surface area is 82.5 Å². The van der Waals surface area contributed by atoms with Crippen molar-refractivity contribution in [3.05, 3.63) is 28.8 Å². The van der Waals surface area contributed by atoms with Crippen LogP contribution in [-0.2, 0) is 11.2 Å². The number of methoxy groups -OCH3 is 1. The molecule has 1 aromatic rings. The predicted octanol–water partition coefficient (Wildman–Crippen LogP) is 2.48. The number of hydrogen-bond acceptors (Lipinski definition) is 2. The molecule has 0 aliphatic carbocycles. The second kappa shape index (κ2) is 4.28. The summed E-state index contributed by atoms with van der Waals surface area (Å²) >= 11 is 5.92. The molecule has 0 saturated carbocycles. The van der Waals surface area contributed by atoms with Gasteiger partial charge < -0.3 is 4.74 Å². The highest BCUT2D eigenvalue weighted by Crippen LogP contribution is 2.22. The molecule has 0 fully saturated rings. The van der Waals surface area contributed by atoms with E-state index in [0.717, 1.165) is 5.56 Å². The minimum absolute atomic E-state index is 0.104. The summed E-state index contributed by atoms with van der Waals surface area (Å²) in [6.07, 6.45) is 0.378. The van der Waals surface area contributed by atoms with E-state index in [1.807, 2.05) is 6.07 Å². The molecule has 0 heterocycles. The van der Waals surface area contributed by atoms with Crippen molar-refractivity contribution >= 4 is 17.4 Å². The molecule has 0 saturated heterocycles. The van der Waals surface area contributed by atoms with Crippen LogP contribution in [0.5, 0.6) is 5.75 Å². The zero-order chi connectivity index (χ0) is 9.84. The summed E-state index contributed by atoms with van der Waals surface area (Å²) in [5.74, 6) is 0.810. The molecule has 13 heavy (non-hydrogen) atoms. The fourth-order valence-electron chi connectivity index (χ4n) is 1.07. The van der Waals surface area contributed by atoms with Crippen LogP contribution in [-0.4, -0.2) is 12.9 Å². The summed E-state index contributed by atoms with van der Waals surface area (Å²) in [6, 6.07) is 5.31. The van der Waals surface area contributed by atoms with Crippen molar-refractivity contribution < 1.29 is 9.53 Å². The van der Waals surface area contributed by atoms with Crippen molar-refractivity contribution in [3.8, 4) is 5.75 Å². The van der Waals surface area contributed by atoms with E-state index < -0.39 is 0 Å². The number of halogens is 1. The van der Waals surface area contributed by atoms with Crippen molar-refractivity contribution in [2.24, 2.45) is 0 Å². The van der Waals surface area contributed by atoms with Gasteiger partial charge in [-0.15, -0.1) is 0 Å². The molecule has 0 unspecified atom stereocenters. The van der Waals surface area contributed by atoms with Crippen LogP contribution in [0.2, 0.25) is 5.02 Å². The molecule has 0 bridgehead atoms. The summed E-state index contributed by atoms with van der Waals surface area (Å²) in [7, 11) is 1.58. The molecule has 0 atom stereocenters. The summed E-state index contributed by atoms with van der Waals surface area (Å²) in [4.78, 5) is 10.8. The van der Waals surface area contributed by atoms with Gasteiger partial charge >= 0.3 is 0 Å². The summed E-state index contributed by atoms with van der Waals surface area (Å²) in [5, 5.41) is 0.578. The highest BCUT2D eigenvalue weighted by Gasteiger charge is 2.04. The highest BCUT2D eigenvalue weighted by atomic mass is 35.5. The van der Waals surface area contributed by atoms with E-state index >= 15 is 0 Å². The Morgan fingerprint density at radius 3 is 2.69 bits per heavy atom. The Morgan fingerprint density at radius 2 is 2.23 bits per heavy atom. The lowest BCUT2D eigenvalue weighted by Crippen LogP contribution is -1.97. The number of ketones is 1. The van der Waals surface area contributed by atoms with Gasteiger partial charge in [-0.05, 0) is 24.6 Å². The van der Waals surface area contributed by atoms with E-state index in [9.17, 15) is 4.79 Å². The second-order valence-electron chi connectivity index (χ2n) is 2.84. The van der Waals surface area contributed by atoms with Crippen LogP contribution in [0.1, 0.15) is 12.5 Å². The molecule has 0 radical (unpaired) electrons. The minimum atomic E-state index is 0.104. The smallest absolute Gasteiger partial charge is 0.134 e. The van der Waals surface area contributed by atoms with Gasteiger partial charge in [0.15, 0.2) is 0 Å². The maximum Gasteiger partial charge on any atom is 0.134 e. The Kier molecular flexibility index (Phi) is 3.32. The SMILES string of the molecule is COc1ccc(CC(C)=O)c(Cl)c1. The largest absolute Gasteiger partial charge is 0.497 e. The van der Waals surface area contributed by atoms with Crippen molar-refractivity contribution in [2.45, 2.75) is 13.3 Å². The third-order valence-corrected chi connectivity index (χ3v) is 2.05. The van der Waals surface area contributed by atoms with Gasteiger partial charge in [-0.1, -0.05) is 17.7 Å². The van der Waals surface area contributed by atoms with Crippen molar-refractivity contribution in [2.75, 3.05) is 7.11 Å². The van der Waals surface area contributed by atoms with Gasteiger partial charge in [0, 0.05) is 11.4 Å². The Balaban J connectivity index is 2.91. The van der Waals surface area contributed by atoms with Gasteiger partial charge in [0.05, 0.1) is 7.11 Å². The molecule has 0 amide bonds. The molecule has 1 rings (SSSR count). The zero-order valence-electron chi connectivity index (χ0n) is 7.63. The maximum absolute atomic E-state index is 10.8. The molecular formula is C10H11ClO2. The van der Waals surface area contributed by atoms with Crippen LogP contribution in [0.15, 0.2) is 18.2 Å². The van der Waals surface area contributed by atoms with Gasteiger partial charge in [-0.2, -0.15) is 0 Å². The molecule has 0 aliphatic rings. The Morgan fingerprint density at radius 1 is 1.54 bits per heavy atom. The first-order chi connectivity index (χ1) is 6.13. The quantitative estimate of drug-likeness (QED) is 0.746. The molecule has 0 spiro atoms. The number of carbonyl (C=O) groups excluding carboxylic acids is 1. The molecule has 2 nitrogen and oxygen atoms in total. The van der Waals surface area contributed by atoms with E-state index in [0.29, 0.717) is 17.2 Å².